The van der Waals surface area contributed by atoms with Crippen molar-refractivity contribution in [1.29, 1.82) is 0 Å². The molecule has 0 saturated carbocycles. The topological polar surface area (TPSA) is 80.8 Å². The molecule has 0 unspecified atom stereocenters. The van der Waals surface area contributed by atoms with Crippen LogP contribution in [0, 0.1) is 11.8 Å². The molecule has 3 aromatic carbocycles. The molecule has 36 heavy (non-hydrogen) atoms. The number of hydrogen-bond donors (Lipinski definition) is 0. The Morgan fingerprint density at radius 2 is 1.42 bits per heavy atom. The van der Waals surface area contributed by atoms with E-state index >= 15 is 0 Å². The summed E-state index contributed by atoms with van der Waals surface area (Å²) in [6.45, 7) is 0. The number of amides is 2. The van der Waals surface area contributed by atoms with E-state index in [9.17, 15) is 19.2 Å². The number of ketones is 2. The van der Waals surface area contributed by atoms with Crippen LogP contribution < -0.4 is 4.90 Å². The van der Waals surface area contributed by atoms with E-state index in [4.69, 9.17) is 27.9 Å². The summed E-state index contributed by atoms with van der Waals surface area (Å²) in [4.78, 5) is 56.0. The van der Waals surface area contributed by atoms with Crippen LogP contribution in [0.25, 0.3) is 6.08 Å². The first-order valence-corrected chi connectivity index (χ1v) is 12.0. The van der Waals surface area contributed by atoms with Crippen molar-refractivity contribution in [3.8, 4) is 0 Å². The Kier molecular flexibility index (Phi) is 5.23. The van der Waals surface area contributed by atoms with E-state index in [2.05, 4.69) is 0 Å². The predicted octanol–water partition coefficient (Wildman–Crippen LogP) is 5.03. The average molecular weight is 518 g/mol. The van der Waals surface area contributed by atoms with Gasteiger partial charge in [-0.15, -0.1) is 0 Å². The van der Waals surface area contributed by atoms with Gasteiger partial charge in [-0.2, -0.15) is 0 Å². The van der Waals surface area contributed by atoms with Gasteiger partial charge >= 0.3 is 0 Å². The SMILES string of the molecule is O=C1[C@H]2[C@@H](/C=C/c3ccccc3)OC3(C(=O)c4ccccc4C3=O)[C@H]2C(=O)N1c1cccc(Cl)c1Cl. The summed E-state index contributed by atoms with van der Waals surface area (Å²) in [7, 11) is 0. The first-order valence-electron chi connectivity index (χ1n) is 11.3. The number of rotatable bonds is 3. The van der Waals surface area contributed by atoms with Crippen LogP contribution in [0.15, 0.2) is 78.9 Å². The fraction of sp³-hybridized carbons (Fsp3) is 0.143. The molecule has 0 N–H and O–H groups in total. The Labute approximate surface area is 216 Å². The normalized spacial score (nSPS) is 24.3. The number of ether oxygens (including phenoxy) is 1. The van der Waals surface area contributed by atoms with Gasteiger partial charge in [0.15, 0.2) is 0 Å². The third-order valence-electron chi connectivity index (χ3n) is 7.01. The van der Waals surface area contributed by atoms with Crippen molar-refractivity contribution in [3.63, 3.8) is 0 Å². The highest BCUT2D eigenvalue weighted by Gasteiger charge is 2.74. The van der Waals surface area contributed by atoms with E-state index in [0.717, 1.165) is 10.5 Å². The summed E-state index contributed by atoms with van der Waals surface area (Å²) in [5, 5.41) is 0.193. The number of carbonyl (C=O) groups excluding carboxylic acids is 4. The van der Waals surface area contributed by atoms with Crippen LogP contribution in [0.1, 0.15) is 26.3 Å². The zero-order chi connectivity index (χ0) is 25.2. The van der Waals surface area contributed by atoms with E-state index in [-0.39, 0.29) is 26.9 Å². The molecule has 6 nitrogen and oxygen atoms in total. The molecule has 3 aliphatic rings. The maximum atomic E-state index is 13.9. The number of benzene rings is 3. The zero-order valence-electron chi connectivity index (χ0n) is 18.6. The molecule has 0 aromatic heterocycles. The third-order valence-corrected chi connectivity index (χ3v) is 7.81. The molecule has 1 aliphatic carbocycles. The van der Waals surface area contributed by atoms with Crippen LogP contribution in [-0.2, 0) is 14.3 Å². The fourth-order valence-corrected chi connectivity index (χ4v) is 5.79. The number of hydrogen-bond acceptors (Lipinski definition) is 5. The molecule has 2 saturated heterocycles. The Balaban J connectivity index is 1.50. The van der Waals surface area contributed by atoms with Crippen molar-refractivity contribution in [2.45, 2.75) is 11.7 Å². The quantitative estimate of drug-likeness (QED) is 0.359. The number of carbonyl (C=O) groups is 4. The predicted molar refractivity (Wildman–Crippen MR) is 134 cm³/mol. The Morgan fingerprint density at radius 3 is 2.08 bits per heavy atom. The van der Waals surface area contributed by atoms with Crippen LogP contribution in [0.5, 0.6) is 0 Å². The molecule has 2 heterocycles. The lowest BCUT2D eigenvalue weighted by Crippen LogP contribution is -2.51. The molecule has 3 atom stereocenters. The molecule has 8 heteroatoms. The minimum atomic E-state index is -2.13. The summed E-state index contributed by atoms with van der Waals surface area (Å²) in [5.41, 5.74) is -0.851. The van der Waals surface area contributed by atoms with Crippen LogP contribution >= 0.6 is 23.2 Å². The summed E-state index contributed by atoms with van der Waals surface area (Å²) in [6.07, 6.45) is 2.36. The zero-order valence-corrected chi connectivity index (χ0v) is 20.1. The molecule has 6 rings (SSSR count). The van der Waals surface area contributed by atoms with E-state index in [1.807, 2.05) is 30.3 Å². The largest absolute Gasteiger partial charge is 0.350 e. The summed E-state index contributed by atoms with van der Waals surface area (Å²) in [6, 6.07) is 20.2. The molecule has 1 spiro atoms. The van der Waals surface area contributed by atoms with E-state index < -0.39 is 46.9 Å². The first-order chi connectivity index (χ1) is 17.4. The van der Waals surface area contributed by atoms with Gasteiger partial charge in [-0.05, 0) is 17.7 Å². The molecule has 3 aromatic rings. The molecule has 0 radical (unpaired) electrons. The molecule has 178 valence electrons. The van der Waals surface area contributed by atoms with Gasteiger partial charge in [0.25, 0.3) is 0 Å². The average Bonchev–Trinajstić information content (AvgIpc) is 3.45. The van der Waals surface area contributed by atoms with Gasteiger partial charge < -0.3 is 4.74 Å². The fourth-order valence-electron chi connectivity index (χ4n) is 5.41. The first kappa shape index (κ1) is 22.9. The van der Waals surface area contributed by atoms with Gasteiger partial charge in [0, 0.05) is 11.1 Å². The standard InChI is InChI=1S/C28H17Cl2NO5/c29-18-11-6-12-19(23(18)30)31-26(34)21-20(14-13-15-7-2-1-3-8-15)36-28(22(21)27(31)35)24(32)16-9-4-5-10-17(16)25(28)33/h1-14,20-22H/b14-13+/t20-,21+,22-/m1/s1. The lowest BCUT2D eigenvalue weighted by atomic mass is 9.78. The number of imide groups is 1. The number of nitrogens with zero attached hydrogens (tertiary/aromatic N) is 1. The number of anilines is 1. The summed E-state index contributed by atoms with van der Waals surface area (Å²) in [5.74, 6) is -5.01. The van der Waals surface area contributed by atoms with Gasteiger partial charge in [-0.25, -0.2) is 4.90 Å². The molecule has 0 bridgehead atoms. The second-order valence-electron chi connectivity index (χ2n) is 8.88. The van der Waals surface area contributed by atoms with Gasteiger partial charge in [-0.1, -0.05) is 96.0 Å². The van der Waals surface area contributed by atoms with Gasteiger partial charge in [-0.3, -0.25) is 19.2 Å². The van der Waals surface area contributed by atoms with Gasteiger partial charge in [0.05, 0.1) is 33.7 Å². The van der Waals surface area contributed by atoms with Crippen molar-refractivity contribution in [2.24, 2.45) is 11.8 Å². The third kappa shape index (κ3) is 3.02. The number of Topliss-reactive ketones (excluding diaryl/α,β-unsaturated/α-hetero) is 2. The Hall–Kier alpha value is -3.58. The lowest BCUT2D eigenvalue weighted by molar-refractivity contribution is -0.126. The molecular formula is C28H17Cl2NO5. The maximum Gasteiger partial charge on any atom is 0.241 e. The molecular weight excluding hydrogens is 501 g/mol. The number of halogens is 2. The Bertz CT molecular complexity index is 1460. The van der Waals surface area contributed by atoms with Crippen LogP contribution in [0.3, 0.4) is 0 Å². The van der Waals surface area contributed by atoms with Gasteiger partial charge in [0.2, 0.25) is 29.0 Å². The van der Waals surface area contributed by atoms with Crippen molar-refractivity contribution in [1.82, 2.24) is 0 Å². The van der Waals surface area contributed by atoms with Crippen molar-refractivity contribution in [2.75, 3.05) is 4.90 Å². The van der Waals surface area contributed by atoms with Crippen molar-refractivity contribution in [3.05, 3.63) is 106 Å². The highest BCUT2D eigenvalue weighted by Crippen LogP contribution is 2.54. The number of fused-ring (bicyclic) bond motifs is 3. The molecule has 2 aliphatic heterocycles. The van der Waals surface area contributed by atoms with Gasteiger partial charge in [0.1, 0.15) is 0 Å². The Morgan fingerprint density at radius 1 is 0.778 bits per heavy atom. The highest BCUT2D eigenvalue weighted by atomic mass is 35.5. The monoisotopic (exact) mass is 517 g/mol. The lowest BCUT2D eigenvalue weighted by Gasteiger charge is -2.27. The van der Waals surface area contributed by atoms with Crippen LogP contribution in [-0.4, -0.2) is 35.1 Å². The minimum absolute atomic E-state index is 0.0274. The van der Waals surface area contributed by atoms with E-state index in [1.54, 1.807) is 30.4 Å². The maximum absolute atomic E-state index is 13.9. The van der Waals surface area contributed by atoms with Crippen molar-refractivity contribution < 1.29 is 23.9 Å². The smallest absolute Gasteiger partial charge is 0.241 e. The minimum Gasteiger partial charge on any atom is -0.350 e. The van der Waals surface area contributed by atoms with Crippen LogP contribution in [0.4, 0.5) is 5.69 Å². The highest BCUT2D eigenvalue weighted by molar-refractivity contribution is 6.45. The second kappa shape index (κ2) is 8.23. The van der Waals surface area contributed by atoms with Crippen LogP contribution in [0.2, 0.25) is 10.0 Å². The molecule has 2 fully saturated rings. The van der Waals surface area contributed by atoms with E-state index in [0.29, 0.717) is 0 Å². The van der Waals surface area contributed by atoms with E-state index in [1.165, 1.54) is 24.3 Å². The summed E-state index contributed by atoms with van der Waals surface area (Å²) < 4.78 is 6.17. The molecule has 2 amide bonds. The van der Waals surface area contributed by atoms with Crippen molar-refractivity contribution >= 4 is 58.3 Å². The second-order valence-corrected chi connectivity index (χ2v) is 9.67. The summed E-state index contributed by atoms with van der Waals surface area (Å²) >= 11 is 12.5.